The first-order valence-corrected chi connectivity index (χ1v) is 7.23. The quantitative estimate of drug-likeness (QED) is 0.364. The third-order valence-electron chi connectivity index (χ3n) is 3.95. The number of nitrogens with one attached hydrogen (secondary N) is 1. The van der Waals surface area contributed by atoms with Gasteiger partial charge < -0.3 is 25.2 Å². The molecule has 25 heavy (non-hydrogen) atoms. The summed E-state index contributed by atoms with van der Waals surface area (Å²) in [5.74, 6) is -1.69. The Bertz CT molecular complexity index is 860. The molecule has 1 heterocycles. The van der Waals surface area contributed by atoms with E-state index in [1.165, 1.54) is 42.1 Å². The molecule has 130 valence electrons. The second-order valence-corrected chi connectivity index (χ2v) is 5.61. The molecule has 1 aliphatic heterocycles. The van der Waals surface area contributed by atoms with Crippen LogP contribution in [0.2, 0.25) is 0 Å². The molecule has 0 spiro atoms. The largest absolute Gasteiger partial charge is 0.508 e. The normalized spacial score (nSPS) is 18.7. The van der Waals surface area contributed by atoms with Gasteiger partial charge in [0.15, 0.2) is 0 Å². The Labute approximate surface area is 141 Å². The fourth-order valence-electron chi connectivity index (χ4n) is 2.85. The summed E-state index contributed by atoms with van der Waals surface area (Å²) >= 11 is 0. The molecule has 6 N–H and O–H groups in total. The first-order valence-electron chi connectivity index (χ1n) is 7.23. The Morgan fingerprint density at radius 3 is 2.40 bits per heavy atom. The number of hydrogen-bond acceptors (Lipinski definition) is 7. The number of hydroxylamine groups is 1. The molecule has 0 aromatic heterocycles. The van der Waals surface area contributed by atoms with Gasteiger partial charge >= 0.3 is 0 Å². The summed E-state index contributed by atoms with van der Waals surface area (Å²) in [6, 6.07) is 7.94. The Morgan fingerprint density at radius 1 is 1.08 bits per heavy atom. The maximum absolute atomic E-state index is 11.7. The third-order valence-corrected chi connectivity index (χ3v) is 3.95. The van der Waals surface area contributed by atoms with Crippen molar-refractivity contribution in [1.29, 1.82) is 0 Å². The molecule has 0 bridgehead atoms. The lowest BCUT2D eigenvalue weighted by Crippen LogP contribution is -2.37. The standard InChI is InChI=1S/C17H15NO7/c19-10-3-1-9(2-4-10)12-8-25-14-6-11(20)5-13(21)16(14)17(12,23)7-15(22)18-24/h1-6,8,19-21,23-24H,7H2,(H,18,22). The van der Waals surface area contributed by atoms with Crippen LogP contribution in [0.3, 0.4) is 0 Å². The van der Waals surface area contributed by atoms with Crippen molar-refractivity contribution in [3.05, 3.63) is 53.8 Å². The van der Waals surface area contributed by atoms with E-state index in [9.17, 15) is 25.2 Å². The van der Waals surface area contributed by atoms with Gasteiger partial charge in [0, 0.05) is 17.7 Å². The highest BCUT2D eigenvalue weighted by atomic mass is 16.5. The number of hydrogen-bond donors (Lipinski definition) is 6. The zero-order valence-corrected chi connectivity index (χ0v) is 12.8. The minimum absolute atomic E-state index is 0.00545. The number of fused-ring (bicyclic) bond motifs is 1. The Balaban J connectivity index is 2.20. The lowest BCUT2D eigenvalue weighted by Gasteiger charge is -2.35. The fraction of sp³-hybridized carbons (Fsp3) is 0.118. The van der Waals surface area contributed by atoms with Gasteiger partial charge in [-0.1, -0.05) is 12.1 Å². The van der Waals surface area contributed by atoms with E-state index < -0.39 is 23.7 Å². The molecule has 2 aromatic rings. The van der Waals surface area contributed by atoms with E-state index in [-0.39, 0.29) is 28.4 Å². The van der Waals surface area contributed by atoms with Crippen molar-refractivity contribution in [2.45, 2.75) is 12.0 Å². The van der Waals surface area contributed by atoms with Crippen LogP contribution in [0.5, 0.6) is 23.0 Å². The molecule has 1 aliphatic rings. The molecule has 1 atom stereocenters. The summed E-state index contributed by atoms with van der Waals surface area (Å²) < 4.78 is 5.39. The number of carbonyl (C=O) groups excluding carboxylic acids is 1. The number of phenols is 3. The van der Waals surface area contributed by atoms with Crippen molar-refractivity contribution in [2.75, 3.05) is 0 Å². The molecule has 8 heteroatoms. The molecule has 0 aliphatic carbocycles. The molecule has 3 rings (SSSR count). The monoisotopic (exact) mass is 345 g/mol. The van der Waals surface area contributed by atoms with Crippen molar-refractivity contribution in [1.82, 2.24) is 5.48 Å². The number of amides is 1. The van der Waals surface area contributed by atoms with E-state index in [0.29, 0.717) is 5.56 Å². The predicted octanol–water partition coefficient (Wildman–Crippen LogP) is 1.32. The summed E-state index contributed by atoms with van der Waals surface area (Å²) in [4.78, 5) is 11.7. The SMILES string of the molecule is O=C(CC1(O)C(c2ccc(O)cc2)=COc2cc(O)cc(O)c21)NO. The van der Waals surface area contributed by atoms with Crippen LogP contribution in [-0.4, -0.2) is 31.5 Å². The molecule has 0 radical (unpaired) electrons. The van der Waals surface area contributed by atoms with Crippen LogP contribution >= 0.6 is 0 Å². The molecule has 1 unspecified atom stereocenters. The van der Waals surface area contributed by atoms with E-state index >= 15 is 0 Å². The second kappa shape index (κ2) is 6.00. The smallest absolute Gasteiger partial charge is 0.246 e. The zero-order chi connectivity index (χ0) is 18.2. The Morgan fingerprint density at radius 2 is 1.76 bits per heavy atom. The van der Waals surface area contributed by atoms with Crippen LogP contribution in [-0.2, 0) is 10.4 Å². The van der Waals surface area contributed by atoms with Crippen molar-refractivity contribution >= 4 is 11.5 Å². The van der Waals surface area contributed by atoms with Gasteiger partial charge in [0.05, 0.1) is 18.2 Å². The van der Waals surface area contributed by atoms with Crippen LogP contribution in [0.1, 0.15) is 17.5 Å². The lowest BCUT2D eigenvalue weighted by atomic mass is 9.78. The molecule has 0 fully saturated rings. The predicted molar refractivity (Wildman–Crippen MR) is 84.9 cm³/mol. The van der Waals surface area contributed by atoms with Crippen molar-refractivity contribution < 1.29 is 35.2 Å². The summed E-state index contributed by atoms with van der Waals surface area (Å²) in [6.45, 7) is 0. The zero-order valence-electron chi connectivity index (χ0n) is 12.8. The van der Waals surface area contributed by atoms with E-state index in [1.54, 1.807) is 0 Å². The first-order chi connectivity index (χ1) is 11.8. The van der Waals surface area contributed by atoms with Crippen molar-refractivity contribution in [2.24, 2.45) is 0 Å². The van der Waals surface area contributed by atoms with E-state index in [1.807, 2.05) is 0 Å². The summed E-state index contributed by atoms with van der Waals surface area (Å²) in [5.41, 5.74) is -0.180. The Kier molecular flexibility index (Phi) is 3.99. The molecule has 0 saturated carbocycles. The van der Waals surface area contributed by atoms with E-state index in [2.05, 4.69) is 0 Å². The fourth-order valence-corrected chi connectivity index (χ4v) is 2.85. The summed E-state index contributed by atoms with van der Waals surface area (Å²) in [7, 11) is 0. The third kappa shape index (κ3) is 2.84. The second-order valence-electron chi connectivity index (χ2n) is 5.61. The van der Waals surface area contributed by atoms with Gasteiger partial charge in [-0.25, -0.2) is 5.48 Å². The average molecular weight is 345 g/mol. The molecular formula is C17H15NO7. The molecule has 8 nitrogen and oxygen atoms in total. The van der Waals surface area contributed by atoms with Crippen LogP contribution < -0.4 is 10.2 Å². The van der Waals surface area contributed by atoms with Gasteiger partial charge in [0.25, 0.3) is 0 Å². The highest BCUT2D eigenvalue weighted by Crippen LogP contribution is 2.51. The molecule has 0 saturated heterocycles. The maximum Gasteiger partial charge on any atom is 0.246 e. The van der Waals surface area contributed by atoms with Gasteiger partial charge in [0.1, 0.15) is 28.6 Å². The van der Waals surface area contributed by atoms with Gasteiger partial charge in [-0.3, -0.25) is 10.0 Å². The van der Waals surface area contributed by atoms with Gasteiger partial charge in [-0.2, -0.15) is 0 Å². The average Bonchev–Trinajstić information content (AvgIpc) is 2.55. The first kappa shape index (κ1) is 16.6. The van der Waals surface area contributed by atoms with Gasteiger partial charge in [-0.05, 0) is 17.7 Å². The Hall–Kier alpha value is -3.23. The lowest BCUT2D eigenvalue weighted by molar-refractivity contribution is -0.133. The number of rotatable bonds is 3. The van der Waals surface area contributed by atoms with Gasteiger partial charge in [-0.15, -0.1) is 0 Å². The summed E-state index contributed by atoms with van der Waals surface area (Å²) in [6.07, 6.45) is 0.559. The van der Waals surface area contributed by atoms with Crippen LogP contribution in [0.25, 0.3) is 5.57 Å². The minimum Gasteiger partial charge on any atom is -0.508 e. The van der Waals surface area contributed by atoms with Crippen molar-refractivity contribution in [3.63, 3.8) is 0 Å². The number of aromatic hydroxyl groups is 3. The van der Waals surface area contributed by atoms with E-state index in [4.69, 9.17) is 9.94 Å². The number of aliphatic hydroxyl groups is 1. The minimum atomic E-state index is -2.05. The van der Waals surface area contributed by atoms with Crippen LogP contribution in [0, 0.1) is 0 Å². The number of ether oxygens (including phenoxy) is 1. The van der Waals surface area contributed by atoms with Crippen LogP contribution in [0.15, 0.2) is 42.7 Å². The number of carbonyl (C=O) groups is 1. The highest BCUT2D eigenvalue weighted by Gasteiger charge is 2.44. The van der Waals surface area contributed by atoms with Crippen LogP contribution in [0.4, 0.5) is 0 Å². The van der Waals surface area contributed by atoms with Gasteiger partial charge in [0.2, 0.25) is 5.91 Å². The number of benzene rings is 2. The molecule has 2 aromatic carbocycles. The topological polar surface area (TPSA) is 139 Å². The van der Waals surface area contributed by atoms with Crippen molar-refractivity contribution in [3.8, 4) is 23.0 Å². The number of phenolic OH excluding ortho intramolecular Hbond substituents is 3. The maximum atomic E-state index is 11.7. The summed E-state index contributed by atoms with van der Waals surface area (Å²) in [5, 5.41) is 49.3. The highest BCUT2D eigenvalue weighted by molar-refractivity contribution is 5.85. The molecule has 1 amide bonds. The van der Waals surface area contributed by atoms with E-state index in [0.717, 1.165) is 6.07 Å². The molecular weight excluding hydrogens is 330 g/mol.